The highest BCUT2D eigenvalue weighted by atomic mass is 16.4. The van der Waals surface area contributed by atoms with E-state index in [0.717, 1.165) is 19.3 Å². The molecule has 2 fully saturated rings. The number of carboxylic acids is 1. The smallest absolute Gasteiger partial charge is 0.326 e. The van der Waals surface area contributed by atoms with E-state index >= 15 is 0 Å². The number of carboxylic acid groups (broad SMARTS) is 1. The van der Waals surface area contributed by atoms with Crippen LogP contribution in [-0.2, 0) is 14.4 Å². The van der Waals surface area contributed by atoms with Crippen molar-refractivity contribution in [3.8, 4) is 0 Å². The van der Waals surface area contributed by atoms with Gasteiger partial charge in [0.2, 0.25) is 11.8 Å². The van der Waals surface area contributed by atoms with E-state index in [9.17, 15) is 19.5 Å². The minimum absolute atomic E-state index is 0.130. The van der Waals surface area contributed by atoms with Gasteiger partial charge < -0.3 is 15.3 Å². The highest BCUT2D eigenvalue weighted by Gasteiger charge is 2.37. The summed E-state index contributed by atoms with van der Waals surface area (Å²) in [5.41, 5.74) is 0. The lowest BCUT2D eigenvalue weighted by molar-refractivity contribution is -0.151. The van der Waals surface area contributed by atoms with Crippen LogP contribution in [0.2, 0.25) is 0 Å². The summed E-state index contributed by atoms with van der Waals surface area (Å²) in [7, 11) is 0. The van der Waals surface area contributed by atoms with Gasteiger partial charge in [0.1, 0.15) is 6.04 Å². The van der Waals surface area contributed by atoms with E-state index in [4.69, 9.17) is 0 Å². The van der Waals surface area contributed by atoms with Crippen LogP contribution in [0.1, 0.15) is 32.1 Å². The van der Waals surface area contributed by atoms with Crippen LogP contribution in [0.5, 0.6) is 0 Å². The van der Waals surface area contributed by atoms with Crippen LogP contribution in [0.15, 0.2) is 0 Å². The van der Waals surface area contributed by atoms with E-state index in [1.807, 2.05) is 0 Å². The molecular formula is C12H18N2O4. The normalized spacial score (nSPS) is 28.7. The third-order valence-electron chi connectivity index (χ3n) is 3.65. The number of hydrogen-bond acceptors (Lipinski definition) is 3. The number of rotatable bonds is 2. The molecule has 2 amide bonds. The molecule has 6 heteroatoms. The molecule has 2 rings (SSSR count). The molecule has 2 atom stereocenters. The molecule has 2 aliphatic rings. The van der Waals surface area contributed by atoms with Crippen molar-refractivity contribution in [2.24, 2.45) is 5.92 Å². The van der Waals surface area contributed by atoms with Gasteiger partial charge in [-0.25, -0.2) is 4.79 Å². The van der Waals surface area contributed by atoms with Gasteiger partial charge in [0.25, 0.3) is 0 Å². The summed E-state index contributed by atoms with van der Waals surface area (Å²) in [5, 5.41) is 11.8. The Morgan fingerprint density at radius 3 is 2.67 bits per heavy atom. The molecular weight excluding hydrogens is 236 g/mol. The fourth-order valence-corrected chi connectivity index (χ4v) is 2.64. The van der Waals surface area contributed by atoms with Crippen molar-refractivity contribution in [3.63, 3.8) is 0 Å². The molecule has 0 aromatic carbocycles. The molecule has 2 heterocycles. The molecule has 0 aromatic rings. The molecule has 18 heavy (non-hydrogen) atoms. The lowest BCUT2D eigenvalue weighted by Crippen LogP contribution is -2.47. The largest absolute Gasteiger partial charge is 0.480 e. The molecule has 6 nitrogen and oxygen atoms in total. The minimum Gasteiger partial charge on any atom is -0.480 e. The van der Waals surface area contributed by atoms with Gasteiger partial charge in [-0.2, -0.15) is 0 Å². The monoisotopic (exact) mass is 254 g/mol. The Hall–Kier alpha value is -1.59. The summed E-state index contributed by atoms with van der Waals surface area (Å²) >= 11 is 0. The van der Waals surface area contributed by atoms with E-state index in [1.54, 1.807) is 0 Å². The van der Waals surface area contributed by atoms with Crippen molar-refractivity contribution >= 4 is 17.8 Å². The van der Waals surface area contributed by atoms with Crippen molar-refractivity contribution in [2.75, 3.05) is 13.1 Å². The van der Waals surface area contributed by atoms with Gasteiger partial charge in [0, 0.05) is 19.5 Å². The number of likely N-dealkylation sites (tertiary alicyclic amines) is 1. The van der Waals surface area contributed by atoms with Gasteiger partial charge in [-0.1, -0.05) is 12.8 Å². The van der Waals surface area contributed by atoms with Gasteiger partial charge in [0.05, 0.1) is 5.92 Å². The van der Waals surface area contributed by atoms with E-state index in [2.05, 4.69) is 5.32 Å². The average molecular weight is 254 g/mol. The highest BCUT2D eigenvalue weighted by molar-refractivity contribution is 5.91. The van der Waals surface area contributed by atoms with Crippen LogP contribution in [0.25, 0.3) is 0 Å². The zero-order valence-electron chi connectivity index (χ0n) is 10.2. The Kier molecular flexibility index (Phi) is 3.84. The second kappa shape index (κ2) is 5.37. The van der Waals surface area contributed by atoms with Crippen molar-refractivity contribution in [1.82, 2.24) is 10.2 Å². The van der Waals surface area contributed by atoms with Crippen LogP contribution >= 0.6 is 0 Å². The fraction of sp³-hybridized carbons (Fsp3) is 0.750. The number of aliphatic carboxylic acids is 1. The topological polar surface area (TPSA) is 86.7 Å². The molecule has 0 aliphatic carbocycles. The summed E-state index contributed by atoms with van der Waals surface area (Å²) in [6.45, 7) is 0.820. The lowest BCUT2D eigenvalue weighted by Gasteiger charge is -2.28. The van der Waals surface area contributed by atoms with Crippen LogP contribution in [-0.4, -0.2) is 46.9 Å². The molecule has 0 bridgehead atoms. The first-order chi connectivity index (χ1) is 8.59. The zero-order valence-corrected chi connectivity index (χ0v) is 10.2. The third kappa shape index (κ3) is 2.63. The minimum atomic E-state index is -0.942. The quantitative estimate of drug-likeness (QED) is 0.725. The summed E-state index contributed by atoms with van der Waals surface area (Å²) in [6, 6.07) is -0.726. The van der Waals surface area contributed by atoms with Crippen molar-refractivity contribution < 1.29 is 19.5 Å². The first kappa shape index (κ1) is 12.9. The predicted octanol–water partition coefficient (Wildman–Crippen LogP) is -0.0217. The number of carbonyl (C=O) groups is 3. The molecule has 0 radical (unpaired) electrons. The van der Waals surface area contributed by atoms with Gasteiger partial charge >= 0.3 is 5.97 Å². The number of hydrogen-bond donors (Lipinski definition) is 2. The van der Waals surface area contributed by atoms with Gasteiger partial charge in [-0.15, -0.1) is 0 Å². The predicted molar refractivity (Wildman–Crippen MR) is 62.7 cm³/mol. The summed E-state index contributed by atoms with van der Waals surface area (Å²) in [5.74, 6) is -1.65. The van der Waals surface area contributed by atoms with E-state index < -0.39 is 17.9 Å². The molecule has 2 aliphatic heterocycles. The number of carbonyl (C=O) groups excluding carboxylic acids is 2. The standard InChI is InChI=1S/C12H18N2O4/c15-10-6-8(7-13-10)11(16)14-5-3-1-2-4-9(14)12(17)18/h8-9H,1-7H2,(H,13,15)(H,17,18). The number of nitrogens with zero attached hydrogens (tertiary/aromatic N) is 1. The van der Waals surface area contributed by atoms with Crippen LogP contribution < -0.4 is 5.32 Å². The Morgan fingerprint density at radius 1 is 1.28 bits per heavy atom. The van der Waals surface area contributed by atoms with Gasteiger partial charge in [-0.3, -0.25) is 9.59 Å². The maximum absolute atomic E-state index is 12.3. The Bertz CT molecular complexity index is 369. The maximum atomic E-state index is 12.3. The lowest BCUT2D eigenvalue weighted by atomic mass is 10.0. The maximum Gasteiger partial charge on any atom is 0.326 e. The van der Waals surface area contributed by atoms with Crippen molar-refractivity contribution in [3.05, 3.63) is 0 Å². The second-order valence-corrected chi connectivity index (χ2v) is 4.94. The van der Waals surface area contributed by atoms with Crippen molar-refractivity contribution in [2.45, 2.75) is 38.1 Å². The first-order valence-corrected chi connectivity index (χ1v) is 6.39. The third-order valence-corrected chi connectivity index (χ3v) is 3.65. The SMILES string of the molecule is O=C1CC(C(=O)N2CCCCCC2C(=O)O)CN1. The van der Waals surface area contributed by atoms with E-state index in [1.165, 1.54) is 4.90 Å². The molecule has 2 unspecified atom stereocenters. The van der Waals surface area contributed by atoms with Crippen LogP contribution in [0.3, 0.4) is 0 Å². The highest BCUT2D eigenvalue weighted by Crippen LogP contribution is 2.21. The number of amides is 2. The van der Waals surface area contributed by atoms with Crippen LogP contribution in [0.4, 0.5) is 0 Å². The Balaban J connectivity index is 2.09. The summed E-state index contributed by atoms with van der Waals surface area (Å²) in [6.07, 6.45) is 3.32. The fourth-order valence-electron chi connectivity index (χ4n) is 2.64. The molecule has 0 aromatic heterocycles. The average Bonchev–Trinajstić information content (AvgIpc) is 2.63. The summed E-state index contributed by atoms with van der Waals surface area (Å²) in [4.78, 5) is 36.1. The van der Waals surface area contributed by atoms with Gasteiger partial charge in [0.15, 0.2) is 0 Å². The Morgan fingerprint density at radius 2 is 2.06 bits per heavy atom. The van der Waals surface area contributed by atoms with Crippen molar-refractivity contribution in [1.29, 1.82) is 0 Å². The molecule has 2 saturated heterocycles. The van der Waals surface area contributed by atoms with Gasteiger partial charge in [-0.05, 0) is 12.8 Å². The van der Waals surface area contributed by atoms with E-state index in [0.29, 0.717) is 19.5 Å². The molecule has 2 N–H and O–H groups in total. The molecule has 100 valence electrons. The summed E-state index contributed by atoms with van der Waals surface area (Å²) < 4.78 is 0. The Labute approximate surface area is 105 Å². The number of nitrogens with one attached hydrogen (secondary N) is 1. The zero-order chi connectivity index (χ0) is 13.1. The second-order valence-electron chi connectivity index (χ2n) is 4.94. The first-order valence-electron chi connectivity index (χ1n) is 6.39. The molecule has 0 saturated carbocycles. The van der Waals surface area contributed by atoms with Crippen LogP contribution in [0, 0.1) is 5.92 Å². The van der Waals surface area contributed by atoms with E-state index in [-0.39, 0.29) is 18.2 Å². The molecule has 0 spiro atoms.